The predicted octanol–water partition coefficient (Wildman–Crippen LogP) is 0.209. The van der Waals surface area contributed by atoms with Crippen molar-refractivity contribution >= 4 is 18.9 Å². The van der Waals surface area contributed by atoms with Gasteiger partial charge in [-0.1, -0.05) is 24.3 Å². The molecule has 66 valence electrons. The summed E-state index contributed by atoms with van der Waals surface area (Å²) in [5.41, 5.74) is 2.12. The summed E-state index contributed by atoms with van der Waals surface area (Å²) in [6.45, 7) is 0. The summed E-state index contributed by atoms with van der Waals surface area (Å²) in [6, 6.07) is 7.74. The molecule has 0 amide bonds. The molecule has 13 heavy (non-hydrogen) atoms. The molecule has 0 saturated carbocycles. The Morgan fingerprint density at radius 2 is 2.31 bits per heavy atom. The van der Waals surface area contributed by atoms with Crippen LogP contribution in [0.2, 0.25) is 0 Å². The molecular formula is C9H9BO3. The lowest BCUT2D eigenvalue weighted by molar-refractivity contribution is -0.138. The largest absolute Gasteiger partial charge is 0.481 e. The predicted molar refractivity (Wildman–Crippen MR) is 49.3 cm³/mol. The molecule has 1 aromatic carbocycles. The van der Waals surface area contributed by atoms with E-state index in [-0.39, 0.29) is 12.5 Å². The summed E-state index contributed by atoms with van der Waals surface area (Å²) in [5.74, 6) is -0.818. The highest BCUT2D eigenvalue weighted by Gasteiger charge is 2.25. The number of carbonyl (C=O) groups is 1. The Morgan fingerprint density at radius 3 is 3.08 bits per heavy atom. The lowest BCUT2D eigenvalue weighted by Crippen LogP contribution is -2.09. The topological polar surface area (TPSA) is 46.5 Å². The molecule has 0 spiro atoms. The first kappa shape index (κ1) is 8.32. The first-order valence-electron chi connectivity index (χ1n) is 4.18. The Morgan fingerprint density at radius 1 is 1.54 bits per heavy atom. The minimum absolute atomic E-state index is 0.0526. The monoisotopic (exact) mass is 176 g/mol. The van der Waals surface area contributed by atoms with Crippen LogP contribution in [-0.4, -0.2) is 18.6 Å². The summed E-state index contributed by atoms with van der Waals surface area (Å²) in [6.07, 6.45) is -0.203. The molecule has 1 unspecified atom stereocenters. The van der Waals surface area contributed by atoms with Gasteiger partial charge in [-0.15, -0.1) is 0 Å². The highest BCUT2D eigenvalue weighted by atomic mass is 16.4. The molecule has 1 aliphatic heterocycles. The Bertz CT molecular complexity index is 337. The fraction of sp³-hybridized carbons (Fsp3) is 0.222. The van der Waals surface area contributed by atoms with Crippen LogP contribution in [0.1, 0.15) is 18.1 Å². The van der Waals surface area contributed by atoms with Crippen LogP contribution in [0.25, 0.3) is 0 Å². The number of aliphatic carboxylic acids is 1. The summed E-state index contributed by atoms with van der Waals surface area (Å²) in [7, 11) is 0.536. The molecule has 0 bridgehead atoms. The number of benzene rings is 1. The third-order valence-corrected chi connectivity index (χ3v) is 2.20. The van der Waals surface area contributed by atoms with Gasteiger partial charge in [0.25, 0.3) is 0 Å². The van der Waals surface area contributed by atoms with E-state index >= 15 is 0 Å². The van der Waals surface area contributed by atoms with Crippen molar-refractivity contribution in [2.24, 2.45) is 0 Å². The summed E-state index contributed by atoms with van der Waals surface area (Å²) >= 11 is 0. The molecule has 0 fully saturated rings. The van der Waals surface area contributed by atoms with Crippen LogP contribution < -0.4 is 5.46 Å². The van der Waals surface area contributed by atoms with Gasteiger partial charge >= 0.3 is 13.5 Å². The SMILES string of the molecule is O=C(O)CC1OBc2ccccc21. The maximum Gasteiger partial charge on any atom is 0.309 e. The highest BCUT2D eigenvalue weighted by molar-refractivity contribution is 6.49. The summed E-state index contributed by atoms with van der Waals surface area (Å²) in [4.78, 5) is 10.5. The summed E-state index contributed by atoms with van der Waals surface area (Å²) < 4.78 is 5.35. The van der Waals surface area contributed by atoms with Gasteiger partial charge in [0.15, 0.2) is 0 Å². The van der Waals surface area contributed by atoms with Crippen molar-refractivity contribution in [1.29, 1.82) is 0 Å². The van der Waals surface area contributed by atoms with Crippen molar-refractivity contribution in [3.8, 4) is 0 Å². The standard InChI is InChI=1S/C9H9BO3/c11-9(12)5-8-6-3-1-2-4-7(6)10-13-8/h1-4,8,10H,5H2,(H,11,12). The number of rotatable bonds is 2. The zero-order valence-corrected chi connectivity index (χ0v) is 7.06. The van der Waals surface area contributed by atoms with Crippen molar-refractivity contribution in [1.82, 2.24) is 0 Å². The van der Waals surface area contributed by atoms with Gasteiger partial charge < -0.3 is 9.76 Å². The Hall–Kier alpha value is -1.29. The van der Waals surface area contributed by atoms with Gasteiger partial charge in [-0.2, -0.15) is 0 Å². The minimum Gasteiger partial charge on any atom is -0.481 e. The smallest absolute Gasteiger partial charge is 0.309 e. The Balaban J connectivity index is 2.23. The molecule has 0 radical (unpaired) electrons. The van der Waals surface area contributed by atoms with Crippen LogP contribution in [0.3, 0.4) is 0 Å². The maximum atomic E-state index is 10.5. The number of hydrogen-bond donors (Lipinski definition) is 1. The van der Waals surface area contributed by atoms with E-state index in [1.807, 2.05) is 24.3 Å². The minimum atomic E-state index is -0.818. The van der Waals surface area contributed by atoms with Crippen molar-refractivity contribution in [3.63, 3.8) is 0 Å². The normalized spacial score (nSPS) is 19.2. The molecule has 1 aromatic rings. The van der Waals surface area contributed by atoms with Gasteiger partial charge in [0.1, 0.15) is 0 Å². The average molecular weight is 176 g/mol. The molecule has 1 aliphatic rings. The van der Waals surface area contributed by atoms with Crippen molar-refractivity contribution < 1.29 is 14.6 Å². The third kappa shape index (κ3) is 1.58. The van der Waals surface area contributed by atoms with Gasteiger partial charge in [0, 0.05) is 0 Å². The lowest BCUT2D eigenvalue weighted by atomic mass is 9.86. The summed E-state index contributed by atoms with van der Waals surface area (Å²) in [5, 5.41) is 8.62. The van der Waals surface area contributed by atoms with Crippen LogP contribution >= 0.6 is 0 Å². The van der Waals surface area contributed by atoms with Crippen molar-refractivity contribution in [2.75, 3.05) is 0 Å². The van der Waals surface area contributed by atoms with Gasteiger partial charge in [0.2, 0.25) is 0 Å². The van der Waals surface area contributed by atoms with Gasteiger partial charge in [-0.3, -0.25) is 4.79 Å². The Kier molecular flexibility index (Phi) is 2.06. The second-order valence-corrected chi connectivity index (χ2v) is 3.10. The zero-order chi connectivity index (χ0) is 9.26. The molecule has 1 N–H and O–H groups in total. The van der Waals surface area contributed by atoms with E-state index in [9.17, 15) is 4.79 Å². The number of carboxylic acids is 1. The highest BCUT2D eigenvalue weighted by Crippen LogP contribution is 2.23. The van der Waals surface area contributed by atoms with E-state index in [1.165, 1.54) is 0 Å². The van der Waals surface area contributed by atoms with E-state index in [4.69, 9.17) is 9.76 Å². The molecular weight excluding hydrogens is 167 g/mol. The van der Waals surface area contributed by atoms with Gasteiger partial charge in [-0.05, 0) is 11.0 Å². The van der Waals surface area contributed by atoms with E-state index in [0.717, 1.165) is 11.0 Å². The van der Waals surface area contributed by atoms with Crippen LogP contribution in [-0.2, 0) is 9.45 Å². The van der Waals surface area contributed by atoms with Crippen molar-refractivity contribution in [3.05, 3.63) is 29.8 Å². The van der Waals surface area contributed by atoms with Crippen molar-refractivity contribution in [2.45, 2.75) is 12.5 Å². The lowest BCUT2D eigenvalue weighted by Gasteiger charge is -2.08. The van der Waals surface area contributed by atoms with E-state index in [0.29, 0.717) is 7.48 Å². The maximum absolute atomic E-state index is 10.5. The molecule has 1 atom stereocenters. The second kappa shape index (κ2) is 3.22. The first-order valence-corrected chi connectivity index (χ1v) is 4.18. The van der Waals surface area contributed by atoms with Gasteiger partial charge in [0.05, 0.1) is 12.5 Å². The first-order chi connectivity index (χ1) is 6.27. The second-order valence-electron chi connectivity index (χ2n) is 3.10. The van der Waals surface area contributed by atoms with Crippen LogP contribution in [0.15, 0.2) is 24.3 Å². The third-order valence-electron chi connectivity index (χ3n) is 2.20. The van der Waals surface area contributed by atoms with E-state index in [1.54, 1.807) is 0 Å². The quantitative estimate of drug-likeness (QED) is 0.655. The van der Waals surface area contributed by atoms with Crippen LogP contribution in [0, 0.1) is 0 Å². The fourth-order valence-electron chi connectivity index (χ4n) is 1.59. The fourth-order valence-corrected chi connectivity index (χ4v) is 1.59. The number of carboxylic acid groups (broad SMARTS) is 1. The molecule has 0 aromatic heterocycles. The molecule has 1 heterocycles. The zero-order valence-electron chi connectivity index (χ0n) is 7.06. The molecule has 3 nitrogen and oxygen atoms in total. The van der Waals surface area contributed by atoms with Crippen LogP contribution in [0.5, 0.6) is 0 Å². The average Bonchev–Trinajstić information content (AvgIpc) is 2.48. The number of hydrogen-bond acceptors (Lipinski definition) is 2. The van der Waals surface area contributed by atoms with E-state index in [2.05, 4.69) is 0 Å². The molecule has 0 saturated heterocycles. The molecule has 0 aliphatic carbocycles. The molecule has 2 rings (SSSR count). The van der Waals surface area contributed by atoms with E-state index < -0.39 is 5.97 Å². The van der Waals surface area contributed by atoms with Crippen LogP contribution in [0.4, 0.5) is 0 Å². The molecule has 4 heteroatoms. The Labute approximate surface area is 76.6 Å². The van der Waals surface area contributed by atoms with Gasteiger partial charge in [-0.25, -0.2) is 0 Å². The number of fused-ring (bicyclic) bond motifs is 1.